The Bertz CT molecular complexity index is 1180. The number of rotatable bonds is 8. The zero-order chi connectivity index (χ0) is 33.7. The van der Waals surface area contributed by atoms with Gasteiger partial charge in [0.1, 0.15) is 38.3 Å². The van der Waals surface area contributed by atoms with Crippen LogP contribution in [0.2, 0.25) is 0 Å². The van der Waals surface area contributed by atoms with Crippen molar-refractivity contribution in [2.24, 2.45) is 53.5 Å². The molecule has 1 aromatic rings. The average molecular weight is 635 g/mol. The molecule has 4 heterocycles. The van der Waals surface area contributed by atoms with Crippen molar-refractivity contribution in [3.8, 4) is 0 Å². The number of hydrogen-bond donors (Lipinski definition) is 0. The summed E-state index contributed by atoms with van der Waals surface area (Å²) in [7, 11) is 0. The van der Waals surface area contributed by atoms with Crippen LogP contribution in [0, 0.1) is 33.5 Å². The second-order valence-electron chi connectivity index (χ2n) is 18.0. The van der Waals surface area contributed by atoms with Crippen molar-refractivity contribution in [1.29, 1.82) is 0 Å². The van der Waals surface area contributed by atoms with Crippen molar-refractivity contribution in [2.45, 2.75) is 120 Å². The molecule has 0 amide bonds. The molecule has 0 bridgehead atoms. The summed E-state index contributed by atoms with van der Waals surface area (Å²) < 4.78 is 25.0. The summed E-state index contributed by atoms with van der Waals surface area (Å²) in [6, 6.07) is 9.27. The number of aliphatic imine (C=N–C) groups is 4. The molecule has 0 saturated carbocycles. The Morgan fingerprint density at radius 1 is 0.457 bits per heavy atom. The van der Waals surface area contributed by atoms with E-state index in [1.807, 2.05) is 0 Å². The van der Waals surface area contributed by atoms with Gasteiger partial charge in [-0.3, -0.25) is 0 Å². The van der Waals surface area contributed by atoms with Crippen LogP contribution in [-0.4, -0.2) is 74.2 Å². The lowest BCUT2D eigenvalue weighted by Gasteiger charge is -2.22. The van der Waals surface area contributed by atoms with Crippen LogP contribution in [-0.2, 0) is 31.8 Å². The minimum atomic E-state index is -0.149. The van der Waals surface area contributed by atoms with Gasteiger partial charge < -0.3 is 18.9 Å². The van der Waals surface area contributed by atoms with Gasteiger partial charge in [0.25, 0.3) is 0 Å². The van der Waals surface area contributed by atoms with Crippen LogP contribution in [0.4, 0.5) is 0 Å². The van der Waals surface area contributed by atoms with E-state index in [1.54, 1.807) is 0 Å². The summed E-state index contributed by atoms with van der Waals surface area (Å²) in [6.07, 6.45) is 1.42. The third-order valence-corrected chi connectivity index (χ3v) is 9.78. The van der Waals surface area contributed by atoms with E-state index in [4.69, 9.17) is 38.9 Å². The molecule has 0 N–H and O–H groups in total. The van der Waals surface area contributed by atoms with Gasteiger partial charge in [0.2, 0.25) is 0 Å². The van der Waals surface area contributed by atoms with E-state index in [1.165, 1.54) is 11.1 Å². The van der Waals surface area contributed by atoms with Crippen molar-refractivity contribution in [1.82, 2.24) is 0 Å². The average Bonchev–Trinajstić information content (AvgIpc) is 3.76. The Hall–Kier alpha value is -2.90. The van der Waals surface area contributed by atoms with Crippen molar-refractivity contribution in [3.63, 3.8) is 0 Å². The highest BCUT2D eigenvalue weighted by atomic mass is 16.5. The van der Waals surface area contributed by atoms with Crippen LogP contribution in [0.1, 0.15) is 94.2 Å². The maximum Gasteiger partial charge on any atom is 0.196 e. The summed E-state index contributed by atoms with van der Waals surface area (Å²) >= 11 is 0. The lowest BCUT2D eigenvalue weighted by atomic mass is 9.88. The third-order valence-electron chi connectivity index (χ3n) is 9.78. The number of nitrogens with zero attached hydrogens (tertiary/aromatic N) is 4. The molecule has 0 aromatic heterocycles. The van der Waals surface area contributed by atoms with Crippen LogP contribution in [0.15, 0.2) is 44.2 Å². The SMILES string of the molecule is CC(C)(C)[C@H]1COC(C(Cc2ccc(CC(C3=N[C@@H](C(C)(C)C)CO3)C3=N[C@@H](C(C)(C)C)CO3)cc2)C2=N[C@@H](C(C)(C)C)CO2)=N1. The molecule has 4 aliphatic rings. The van der Waals surface area contributed by atoms with Gasteiger partial charge in [-0.1, -0.05) is 107 Å². The fourth-order valence-corrected chi connectivity index (χ4v) is 5.95. The molecule has 46 heavy (non-hydrogen) atoms. The highest BCUT2D eigenvalue weighted by Gasteiger charge is 2.41. The summed E-state index contributed by atoms with van der Waals surface area (Å²) in [5, 5.41) is 0. The molecular formula is C38H58N4O4. The zero-order valence-corrected chi connectivity index (χ0v) is 30.4. The maximum absolute atomic E-state index is 6.25. The molecule has 0 radical (unpaired) electrons. The van der Waals surface area contributed by atoms with E-state index in [0.29, 0.717) is 39.3 Å². The van der Waals surface area contributed by atoms with Gasteiger partial charge in [0.15, 0.2) is 23.6 Å². The van der Waals surface area contributed by atoms with E-state index in [-0.39, 0.29) is 57.7 Å². The van der Waals surface area contributed by atoms with Crippen molar-refractivity contribution >= 4 is 23.6 Å². The van der Waals surface area contributed by atoms with Gasteiger partial charge in [0, 0.05) is 0 Å². The van der Waals surface area contributed by atoms with Crippen LogP contribution < -0.4 is 0 Å². The third kappa shape index (κ3) is 7.96. The molecule has 0 unspecified atom stereocenters. The lowest BCUT2D eigenvalue weighted by molar-refractivity contribution is 0.221. The first kappa shape index (κ1) is 34.4. The van der Waals surface area contributed by atoms with E-state index in [0.717, 1.165) is 23.6 Å². The molecular weight excluding hydrogens is 576 g/mol. The number of benzene rings is 1. The van der Waals surface area contributed by atoms with Crippen LogP contribution in [0.25, 0.3) is 0 Å². The molecule has 0 fully saturated rings. The first-order valence-corrected chi connectivity index (χ1v) is 17.2. The Kier molecular flexibility index (Phi) is 9.44. The van der Waals surface area contributed by atoms with Crippen LogP contribution >= 0.6 is 0 Å². The minimum absolute atomic E-state index is 0.0250. The van der Waals surface area contributed by atoms with Gasteiger partial charge in [-0.15, -0.1) is 0 Å². The summed E-state index contributed by atoms with van der Waals surface area (Å²) in [4.78, 5) is 20.2. The molecule has 8 heteroatoms. The van der Waals surface area contributed by atoms with Gasteiger partial charge in [-0.25, -0.2) is 20.0 Å². The fraction of sp³-hybridized carbons (Fsp3) is 0.737. The standard InChI is InChI=1S/C38H58N4O4/c1-35(2,3)27-19-43-31(39-27)25(32-40-28(20-44-32)36(4,5)6)17-23-13-15-24(16-14-23)18-26(33-41-29(21-45-33)37(7,8)9)34-42-30(22-46-34)38(10,11)12/h13-16,25-30H,17-22H2,1-12H3/t27-,28-,29-,30-/m1/s1. The molecule has 4 aliphatic heterocycles. The van der Waals surface area contributed by atoms with Crippen LogP contribution in [0.5, 0.6) is 0 Å². The van der Waals surface area contributed by atoms with Gasteiger partial charge in [0.05, 0.1) is 24.2 Å². The second kappa shape index (κ2) is 12.6. The maximum atomic E-state index is 6.25. The predicted molar refractivity (Wildman–Crippen MR) is 187 cm³/mol. The second-order valence-corrected chi connectivity index (χ2v) is 18.0. The molecule has 254 valence electrons. The van der Waals surface area contributed by atoms with Crippen molar-refractivity contribution in [2.75, 3.05) is 26.4 Å². The van der Waals surface area contributed by atoms with Crippen molar-refractivity contribution < 1.29 is 18.9 Å². The summed E-state index contributed by atoms with van der Waals surface area (Å²) in [6.45, 7) is 28.9. The fourth-order valence-electron chi connectivity index (χ4n) is 5.95. The van der Waals surface area contributed by atoms with Gasteiger partial charge in [-0.2, -0.15) is 0 Å². The monoisotopic (exact) mass is 634 g/mol. The molecule has 1 aromatic carbocycles. The van der Waals surface area contributed by atoms with Crippen LogP contribution in [0.3, 0.4) is 0 Å². The quantitative estimate of drug-likeness (QED) is 0.299. The van der Waals surface area contributed by atoms with Gasteiger partial charge in [-0.05, 0) is 45.6 Å². The number of hydrogen-bond acceptors (Lipinski definition) is 8. The smallest absolute Gasteiger partial charge is 0.196 e. The molecule has 5 rings (SSSR count). The largest absolute Gasteiger partial charge is 0.478 e. The Labute approximate surface area is 277 Å². The highest BCUT2D eigenvalue weighted by Crippen LogP contribution is 2.34. The molecule has 8 nitrogen and oxygen atoms in total. The first-order chi connectivity index (χ1) is 21.3. The lowest BCUT2D eigenvalue weighted by Crippen LogP contribution is -2.27. The van der Waals surface area contributed by atoms with Gasteiger partial charge >= 0.3 is 0 Å². The molecule has 0 aliphatic carbocycles. The Morgan fingerprint density at radius 2 is 0.674 bits per heavy atom. The predicted octanol–water partition coefficient (Wildman–Crippen LogP) is 7.38. The van der Waals surface area contributed by atoms with E-state index < -0.39 is 0 Å². The molecule has 0 spiro atoms. The summed E-state index contributed by atoms with van der Waals surface area (Å²) in [5.74, 6) is 2.67. The highest BCUT2D eigenvalue weighted by molar-refractivity contribution is 6.02. The molecule has 0 saturated heterocycles. The zero-order valence-electron chi connectivity index (χ0n) is 30.4. The minimum Gasteiger partial charge on any atom is -0.478 e. The molecule has 4 atom stereocenters. The van der Waals surface area contributed by atoms with E-state index in [9.17, 15) is 0 Å². The topological polar surface area (TPSA) is 86.4 Å². The van der Waals surface area contributed by atoms with E-state index >= 15 is 0 Å². The first-order valence-electron chi connectivity index (χ1n) is 17.2. The van der Waals surface area contributed by atoms with Crippen molar-refractivity contribution in [3.05, 3.63) is 35.4 Å². The Morgan fingerprint density at radius 3 is 0.848 bits per heavy atom. The van der Waals surface area contributed by atoms with E-state index in [2.05, 4.69) is 107 Å². The Balaban J connectivity index is 1.38. The normalized spacial score (nSPS) is 25.5. The number of ether oxygens (including phenoxy) is 4. The summed E-state index contributed by atoms with van der Waals surface area (Å²) in [5.41, 5.74) is 2.47.